The summed E-state index contributed by atoms with van der Waals surface area (Å²) in [5.41, 5.74) is -0.600. The van der Waals surface area contributed by atoms with Gasteiger partial charge in [0.2, 0.25) is 11.8 Å². The Morgan fingerprint density at radius 1 is 1.36 bits per heavy atom. The second-order valence-corrected chi connectivity index (χ2v) is 7.60. The zero-order valence-corrected chi connectivity index (χ0v) is 14.0. The van der Waals surface area contributed by atoms with Crippen molar-refractivity contribution in [2.75, 3.05) is 6.54 Å². The number of rotatable bonds is 4. The fourth-order valence-electron chi connectivity index (χ4n) is 5.06. The molecule has 6 heteroatoms. The number of carbonyl (C=O) groups is 2. The highest BCUT2D eigenvalue weighted by Crippen LogP contribution is 2.52. The van der Waals surface area contributed by atoms with Crippen molar-refractivity contribution >= 4 is 11.8 Å². The lowest BCUT2D eigenvalue weighted by Crippen LogP contribution is -2.44. The molecule has 1 aromatic heterocycles. The van der Waals surface area contributed by atoms with Crippen LogP contribution in [0, 0.1) is 11.8 Å². The highest BCUT2D eigenvalue weighted by atomic mass is 16.5. The standard InChI is InChI=1S/C19H22N2O4/c22-17(20-10-13-6-3-9-24-13)15-14-7-8-19(25-14)11-21(18(23)16(15)19)12-4-1-2-5-12/h3,6-9,12,14-16H,1-2,4-5,10-11H2,(H,20,22)/t14-,15-,16-,19-/m1/s1. The van der Waals surface area contributed by atoms with Crippen LogP contribution in [0.4, 0.5) is 0 Å². The summed E-state index contributed by atoms with van der Waals surface area (Å²) in [5.74, 6) is -0.164. The summed E-state index contributed by atoms with van der Waals surface area (Å²) in [6.45, 7) is 0.926. The summed E-state index contributed by atoms with van der Waals surface area (Å²) in [4.78, 5) is 27.9. The highest BCUT2D eigenvalue weighted by molar-refractivity contribution is 5.93. The lowest BCUT2D eigenvalue weighted by atomic mass is 9.77. The molecule has 0 radical (unpaired) electrons. The van der Waals surface area contributed by atoms with E-state index in [1.54, 1.807) is 12.3 Å². The van der Waals surface area contributed by atoms with E-state index < -0.39 is 11.5 Å². The predicted octanol–water partition coefficient (Wildman–Crippen LogP) is 1.62. The Morgan fingerprint density at radius 2 is 2.20 bits per heavy atom. The third-order valence-electron chi connectivity index (χ3n) is 6.21. The molecule has 4 heterocycles. The third kappa shape index (κ3) is 2.20. The fraction of sp³-hybridized carbons (Fsp3) is 0.579. The van der Waals surface area contributed by atoms with Gasteiger partial charge in [-0.2, -0.15) is 0 Å². The molecule has 4 aliphatic rings. The number of nitrogens with one attached hydrogen (secondary N) is 1. The van der Waals surface area contributed by atoms with Crippen molar-refractivity contribution in [3.8, 4) is 0 Å². The smallest absolute Gasteiger partial charge is 0.230 e. The largest absolute Gasteiger partial charge is 0.467 e. The monoisotopic (exact) mass is 342 g/mol. The Kier molecular flexibility index (Phi) is 3.32. The molecular weight excluding hydrogens is 320 g/mol. The minimum atomic E-state index is -0.600. The molecule has 1 N–H and O–H groups in total. The Balaban J connectivity index is 1.36. The molecular formula is C19H22N2O4. The molecule has 1 aromatic rings. The van der Waals surface area contributed by atoms with Crippen molar-refractivity contribution in [1.82, 2.24) is 10.2 Å². The second-order valence-electron chi connectivity index (χ2n) is 7.60. The van der Waals surface area contributed by atoms with Crippen molar-refractivity contribution in [1.29, 1.82) is 0 Å². The number of likely N-dealkylation sites (tertiary alicyclic amines) is 1. The van der Waals surface area contributed by atoms with Crippen molar-refractivity contribution in [3.05, 3.63) is 36.3 Å². The van der Waals surface area contributed by atoms with E-state index in [4.69, 9.17) is 9.15 Å². The van der Waals surface area contributed by atoms with Crippen LogP contribution in [0.15, 0.2) is 35.0 Å². The van der Waals surface area contributed by atoms with Crippen LogP contribution in [0.2, 0.25) is 0 Å². The van der Waals surface area contributed by atoms with Gasteiger partial charge in [0.15, 0.2) is 0 Å². The Bertz CT molecular complexity index is 722. The topological polar surface area (TPSA) is 71.8 Å². The Hall–Kier alpha value is -2.08. The number of ether oxygens (including phenoxy) is 1. The molecule has 25 heavy (non-hydrogen) atoms. The first-order valence-corrected chi connectivity index (χ1v) is 9.16. The Morgan fingerprint density at radius 3 is 2.96 bits per heavy atom. The number of amides is 2. The molecule has 6 nitrogen and oxygen atoms in total. The van der Waals surface area contributed by atoms with Gasteiger partial charge in [-0.1, -0.05) is 25.0 Å². The minimum Gasteiger partial charge on any atom is -0.467 e. The van der Waals surface area contributed by atoms with E-state index in [9.17, 15) is 9.59 Å². The van der Waals surface area contributed by atoms with E-state index in [2.05, 4.69) is 5.32 Å². The molecule has 2 amide bonds. The summed E-state index contributed by atoms with van der Waals surface area (Å²) >= 11 is 0. The van der Waals surface area contributed by atoms with E-state index in [1.165, 1.54) is 12.8 Å². The van der Waals surface area contributed by atoms with Gasteiger partial charge in [0.1, 0.15) is 11.4 Å². The predicted molar refractivity (Wildman–Crippen MR) is 88.2 cm³/mol. The number of hydrogen-bond acceptors (Lipinski definition) is 4. The van der Waals surface area contributed by atoms with Gasteiger partial charge in [-0.15, -0.1) is 0 Å². The van der Waals surface area contributed by atoms with Crippen LogP contribution in [0.25, 0.3) is 0 Å². The molecule has 5 rings (SSSR count). The van der Waals surface area contributed by atoms with Gasteiger partial charge in [-0.05, 0) is 25.0 Å². The maximum absolute atomic E-state index is 13.1. The summed E-state index contributed by atoms with van der Waals surface area (Å²) < 4.78 is 11.4. The van der Waals surface area contributed by atoms with Crippen LogP contribution in [-0.2, 0) is 20.9 Å². The average Bonchev–Trinajstić information content (AvgIpc) is 3.39. The molecule has 1 saturated carbocycles. The molecule has 132 valence electrons. The molecule has 4 atom stereocenters. The minimum absolute atomic E-state index is 0.0944. The van der Waals surface area contributed by atoms with Crippen LogP contribution >= 0.6 is 0 Å². The summed E-state index contributed by atoms with van der Waals surface area (Å²) in [6.07, 6.45) is 9.76. The molecule has 2 bridgehead atoms. The number of hydrogen-bond donors (Lipinski definition) is 1. The maximum Gasteiger partial charge on any atom is 0.230 e. The number of fused-ring (bicyclic) bond motifs is 1. The van der Waals surface area contributed by atoms with Crippen LogP contribution in [0.5, 0.6) is 0 Å². The van der Waals surface area contributed by atoms with Crippen LogP contribution in [0.3, 0.4) is 0 Å². The molecule has 0 unspecified atom stereocenters. The van der Waals surface area contributed by atoms with Crippen molar-refractivity contribution in [3.63, 3.8) is 0 Å². The van der Waals surface area contributed by atoms with Crippen LogP contribution < -0.4 is 5.32 Å². The van der Waals surface area contributed by atoms with E-state index >= 15 is 0 Å². The molecule has 1 aliphatic carbocycles. The lowest BCUT2D eigenvalue weighted by Gasteiger charge is -2.26. The van der Waals surface area contributed by atoms with Gasteiger partial charge in [-0.3, -0.25) is 9.59 Å². The molecule has 0 aromatic carbocycles. The van der Waals surface area contributed by atoms with E-state index in [-0.39, 0.29) is 23.8 Å². The zero-order chi connectivity index (χ0) is 17.0. The number of carbonyl (C=O) groups excluding carboxylic acids is 2. The van der Waals surface area contributed by atoms with Gasteiger partial charge in [0.25, 0.3) is 0 Å². The van der Waals surface area contributed by atoms with Gasteiger partial charge >= 0.3 is 0 Å². The SMILES string of the molecule is O=C(NCc1ccco1)[C@@H]1[C@H]2C=C[C@]3(CN(C4CCCC4)C(=O)[C@@H]13)O2. The van der Waals surface area contributed by atoms with Gasteiger partial charge in [0, 0.05) is 6.04 Å². The first-order valence-electron chi connectivity index (χ1n) is 9.16. The molecule has 1 spiro atoms. The van der Waals surface area contributed by atoms with Crippen molar-refractivity contribution in [2.24, 2.45) is 11.8 Å². The third-order valence-corrected chi connectivity index (χ3v) is 6.21. The average molecular weight is 342 g/mol. The summed E-state index contributed by atoms with van der Waals surface area (Å²) in [6, 6.07) is 3.93. The van der Waals surface area contributed by atoms with Gasteiger partial charge in [0.05, 0.1) is 37.3 Å². The van der Waals surface area contributed by atoms with E-state index in [0.29, 0.717) is 24.9 Å². The van der Waals surface area contributed by atoms with E-state index in [0.717, 1.165) is 12.8 Å². The van der Waals surface area contributed by atoms with Crippen LogP contribution in [-0.4, -0.2) is 41.0 Å². The quantitative estimate of drug-likeness (QED) is 0.844. The van der Waals surface area contributed by atoms with Crippen molar-refractivity contribution in [2.45, 2.75) is 50.0 Å². The van der Waals surface area contributed by atoms with E-state index in [1.807, 2.05) is 23.1 Å². The summed E-state index contributed by atoms with van der Waals surface area (Å²) in [5, 5.41) is 2.91. The van der Waals surface area contributed by atoms with Gasteiger partial charge in [-0.25, -0.2) is 0 Å². The number of furan rings is 1. The first-order chi connectivity index (χ1) is 12.2. The van der Waals surface area contributed by atoms with Crippen molar-refractivity contribution < 1.29 is 18.7 Å². The first kappa shape index (κ1) is 15.2. The number of nitrogens with zero attached hydrogens (tertiary/aromatic N) is 1. The fourth-order valence-corrected chi connectivity index (χ4v) is 5.06. The maximum atomic E-state index is 13.1. The van der Waals surface area contributed by atoms with Gasteiger partial charge < -0.3 is 19.4 Å². The lowest BCUT2D eigenvalue weighted by molar-refractivity contribution is -0.138. The zero-order valence-electron chi connectivity index (χ0n) is 14.0. The molecule has 3 aliphatic heterocycles. The molecule has 2 saturated heterocycles. The van der Waals surface area contributed by atoms with Crippen LogP contribution in [0.1, 0.15) is 31.4 Å². The highest BCUT2D eigenvalue weighted by Gasteiger charge is 2.67. The second kappa shape index (κ2) is 5.46. The molecule has 3 fully saturated rings. The Labute approximate surface area is 146 Å². The summed E-state index contributed by atoms with van der Waals surface area (Å²) in [7, 11) is 0. The normalized spacial score (nSPS) is 36.4.